The molecule has 0 bridgehead atoms. The van der Waals surface area contributed by atoms with Crippen LogP contribution >= 0.6 is 0 Å². The van der Waals surface area contributed by atoms with E-state index in [1.165, 1.54) is 49.7 Å². The summed E-state index contributed by atoms with van der Waals surface area (Å²) < 4.78 is 0. The van der Waals surface area contributed by atoms with Crippen LogP contribution in [0.15, 0.2) is 60.7 Å². The number of amides is 2. The fourth-order valence-electron chi connectivity index (χ4n) is 7.50. The molecule has 0 radical (unpaired) electrons. The molecule has 2 amide bonds. The van der Waals surface area contributed by atoms with Crippen molar-refractivity contribution in [3.05, 3.63) is 71.8 Å². The number of guanidine groups is 2. The van der Waals surface area contributed by atoms with Gasteiger partial charge < -0.3 is 30.2 Å². The highest BCUT2D eigenvalue weighted by Gasteiger charge is 2.36. The van der Waals surface area contributed by atoms with Crippen LogP contribution < -0.4 is 10.6 Å². The molecule has 2 fully saturated rings. The maximum absolute atomic E-state index is 12.9. The van der Waals surface area contributed by atoms with Crippen LogP contribution in [0, 0.1) is 10.8 Å². The second kappa shape index (κ2) is 22.8. The Labute approximate surface area is 313 Å². The Bertz CT molecular complexity index is 1250. The molecule has 2 aromatic rings. The molecule has 2 aliphatic rings. The molecule has 2 aromatic carbocycles. The third-order valence-corrected chi connectivity index (χ3v) is 10.4. The SMILES string of the molecule is CCCCCCN1C(=N)N(CC(=O)NCCCCCCNC(=O)CN2C[C@H](Cc3ccccc3)N(CCCCCC)C2=N)C[C@@H]1Cc1ccccc1. The van der Waals surface area contributed by atoms with Crippen molar-refractivity contribution in [2.24, 2.45) is 0 Å². The highest BCUT2D eigenvalue weighted by molar-refractivity contribution is 5.87. The lowest BCUT2D eigenvalue weighted by molar-refractivity contribution is -0.122. The highest BCUT2D eigenvalue weighted by atomic mass is 16.2. The molecule has 4 N–H and O–H groups in total. The fraction of sp³-hybridized carbons (Fsp3) is 0.619. The molecule has 0 saturated carbocycles. The Kier molecular flexibility index (Phi) is 17.8. The summed E-state index contributed by atoms with van der Waals surface area (Å²) in [5.74, 6) is 0.897. The molecular formula is C42H66N8O2. The van der Waals surface area contributed by atoms with Crippen molar-refractivity contribution >= 4 is 23.7 Å². The normalized spacial score (nSPS) is 17.3. The standard InChI is InChI=1S/C42H66N8O2/c1-3-5-7-19-27-49-37(29-35-21-13-11-14-22-35)31-47(41(49)43)33-39(51)45-25-17-9-10-18-26-46-40(52)34-48-32-38(30-36-23-15-12-16-24-36)50(42(48)44)28-20-8-6-4-2/h11-16,21-24,37-38,43-44H,3-10,17-20,25-34H2,1-2H3,(H,45,51)(H,46,52)/t37-,38-/m0/s1. The first kappa shape index (κ1) is 40.7. The smallest absolute Gasteiger partial charge is 0.239 e. The number of benzene rings is 2. The van der Waals surface area contributed by atoms with E-state index in [1.807, 2.05) is 21.9 Å². The topological polar surface area (TPSA) is 119 Å². The summed E-state index contributed by atoms with van der Waals surface area (Å²) in [5.41, 5.74) is 2.54. The van der Waals surface area contributed by atoms with Gasteiger partial charge in [-0.05, 0) is 49.7 Å². The van der Waals surface area contributed by atoms with Gasteiger partial charge in [0.05, 0.1) is 25.2 Å². The molecule has 10 nitrogen and oxygen atoms in total. The first-order valence-electron chi connectivity index (χ1n) is 20.2. The van der Waals surface area contributed by atoms with Gasteiger partial charge in [-0.25, -0.2) is 0 Å². The Hall–Kier alpha value is -4.08. The van der Waals surface area contributed by atoms with E-state index in [2.05, 4.69) is 82.8 Å². The third-order valence-electron chi connectivity index (χ3n) is 10.4. The maximum atomic E-state index is 12.9. The fourth-order valence-corrected chi connectivity index (χ4v) is 7.50. The minimum Gasteiger partial charge on any atom is -0.355 e. The van der Waals surface area contributed by atoms with Crippen LogP contribution in [0.1, 0.15) is 102 Å². The summed E-state index contributed by atoms with van der Waals surface area (Å²) in [6.07, 6.45) is 14.8. The lowest BCUT2D eigenvalue weighted by Crippen LogP contribution is -2.41. The third kappa shape index (κ3) is 13.5. The summed E-state index contributed by atoms with van der Waals surface area (Å²) in [4.78, 5) is 34.0. The van der Waals surface area contributed by atoms with E-state index in [-0.39, 0.29) is 37.0 Å². The van der Waals surface area contributed by atoms with E-state index in [9.17, 15) is 9.59 Å². The van der Waals surface area contributed by atoms with Crippen LogP contribution in [0.25, 0.3) is 0 Å². The number of unbranched alkanes of at least 4 members (excludes halogenated alkanes) is 9. The zero-order valence-corrected chi connectivity index (χ0v) is 32.1. The van der Waals surface area contributed by atoms with Crippen LogP contribution in [0.3, 0.4) is 0 Å². The van der Waals surface area contributed by atoms with E-state index in [1.54, 1.807) is 0 Å². The van der Waals surface area contributed by atoms with Crippen LogP contribution in [0.4, 0.5) is 0 Å². The molecule has 2 heterocycles. The molecule has 0 aliphatic carbocycles. The maximum Gasteiger partial charge on any atom is 0.239 e. The van der Waals surface area contributed by atoms with Gasteiger partial charge in [0.2, 0.25) is 11.8 Å². The molecule has 0 aromatic heterocycles. The van der Waals surface area contributed by atoms with Gasteiger partial charge in [0.15, 0.2) is 11.9 Å². The second-order valence-electron chi connectivity index (χ2n) is 14.7. The van der Waals surface area contributed by atoms with Gasteiger partial charge in [0.25, 0.3) is 0 Å². The minimum absolute atomic E-state index is 0.0266. The summed E-state index contributed by atoms with van der Waals surface area (Å²) in [6, 6.07) is 21.3. The first-order chi connectivity index (χ1) is 25.4. The van der Waals surface area contributed by atoms with Gasteiger partial charge in [-0.1, -0.05) is 126 Å². The predicted octanol–water partition coefficient (Wildman–Crippen LogP) is 6.27. The number of nitrogens with one attached hydrogen (secondary N) is 4. The molecule has 10 heteroatoms. The van der Waals surface area contributed by atoms with Crippen molar-refractivity contribution in [3.63, 3.8) is 0 Å². The lowest BCUT2D eigenvalue weighted by Gasteiger charge is -2.25. The number of hydrogen-bond acceptors (Lipinski definition) is 4. The van der Waals surface area contributed by atoms with Crippen LogP contribution in [0.5, 0.6) is 0 Å². The molecule has 2 saturated heterocycles. The summed E-state index contributed by atoms with van der Waals surface area (Å²) in [6.45, 7) is 9.24. The molecule has 2 atom stereocenters. The van der Waals surface area contributed by atoms with E-state index in [4.69, 9.17) is 10.8 Å². The van der Waals surface area contributed by atoms with Gasteiger partial charge in [-0.3, -0.25) is 20.4 Å². The summed E-state index contributed by atoms with van der Waals surface area (Å²) in [5, 5.41) is 23.9. The van der Waals surface area contributed by atoms with Crippen molar-refractivity contribution in [1.82, 2.24) is 30.2 Å². The molecule has 4 rings (SSSR count). The van der Waals surface area contributed by atoms with Gasteiger partial charge in [-0.15, -0.1) is 0 Å². The van der Waals surface area contributed by atoms with Gasteiger partial charge in [-0.2, -0.15) is 0 Å². The minimum atomic E-state index is -0.0266. The van der Waals surface area contributed by atoms with E-state index < -0.39 is 0 Å². The molecule has 0 spiro atoms. The van der Waals surface area contributed by atoms with Crippen molar-refractivity contribution in [1.29, 1.82) is 10.8 Å². The molecular weight excluding hydrogens is 649 g/mol. The van der Waals surface area contributed by atoms with Crippen molar-refractivity contribution in [2.75, 3.05) is 52.4 Å². The highest BCUT2D eigenvalue weighted by Crippen LogP contribution is 2.22. The number of carbonyl (C=O) groups excluding carboxylic acids is 2. The monoisotopic (exact) mass is 715 g/mol. The van der Waals surface area contributed by atoms with Gasteiger partial charge >= 0.3 is 0 Å². The van der Waals surface area contributed by atoms with E-state index >= 15 is 0 Å². The second-order valence-corrected chi connectivity index (χ2v) is 14.7. The Morgan fingerprint density at radius 2 is 0.962 bits per heavy atom. The first-order valence-corrected chi connectivity index (χ1v) is 20.2. The molecule has 0 unspecified atom stereocenters. The van der Waals surface area contributed by atoms with Crippen molar-refractivity contribution in [2.45, 2.75) is 116 Å². The van der Waals surface area contributed by atoms with Gasteiger partial charge in [0, 0.05) is 39.3 Å². The van der Waals surface area contributed by atoms with E-state index in [0.717, 1.165) is 64.5 Å². The zero-order chi connectivity index (χ0) is 37.0. The Morgan fingerprint density at radius 3 is 1.35 bits per heavy atom. The van der Waals surface area contributed by atoms with Gasteiger partial charge in [0.1, 0.15) is 0 Å². The average Bonchev–Trinajstić information content (AvgIpc) is 3.59. The lowest BCUT2D eigenvalue weighted by atomic mass is 10.1. The number of nitrogens with zero attached hydrogens (tertiary/aromatic N) is 4. The summed E-state index contributed by atoms with van der Waals surface area (Å²) in [7, 11) is 0. The number of hydrogen-bond donors (Lipinski definition) is 4. The molecule has 2 aliphatic heterocycles. The Balaban J connectivity index is 1.10. The molecule has 286 valence electrons. The summed E-state index contributed by atoms with van der Waals surface area (Å²) >= 11 is 0. The Morgan fingerprint density at radius 1 is 0.577 bits per heavy atom. The average molecular weight is 715 g/mol. The van der Waals surface area contributed by atoms with E-state index in [0.29, 0.717) is 38.1 Å². The number of carbonyl (C=O) groups is 2. The molecule has 52 heavy (non-hydrogen) atoms. The van der Waals surface area contributed by atoms with Crippen molar-refractivity contribution < 1.29 is 9.59 Å². The van der Waals surface area contributed by atoms with Crippen LogP contribution in [-0.2, 0) is 22.4 Å². The van der Waals surface area contributed by atoms with Crippen LogP contribution in [0.2, 0.25) is 0 Å². The largest absolute Gasteiger partial charge is 0.355 e. The zero-order valence-electron chi connectivity index (χ0n) is 32.1. The van der Waals surface area contributed by atoms with Crippen LogP contribution in [-0.4, -0.2) is 108 Å². The number of rotatable bonds is 25. The van der Waals surface area contributed by atoms with Crippen molar-refractivity contribution in [3.8, 4) is 0 Å². The quantitative estimate of drug-likeness (QED) is 0.0902. The predicted molar refractivity (Wildman–Crippen MR) is 213 cm³/mol.